The second-order valence-corrected chi connectivity index (χ2v) is 4.78. The Balaban J connectivity index is 2.36. The standard InChI is InChI=1S/C17H25NO3/c1-4-10-18(11-5-2)12-16(19)14-21-13-15-8-6-7-9-17(15)20-3/h4-9,16,19H,1-2,10-14H2,3H3/t16-/m1/s1. The van der Waals surface area contributed by atoms with Crippen molar-refractivity contribution in [2.75, 3.05) is 33.4 Å². The van der Waals surface area contributed by atoms with Crippen molar-refractivity contribution >= 4 is 0 Å². The number of aliphatic hydroxyl groups excluding tert-OH is 1. The first-order valence-electron chi connectivity index (χ1n) is 7.03. The summed E-state index contributed by atoms with van der Waals surface area (Å²) in [6, 6.07) is 7.70. The summed E-state index contributed by atoms with van der Waals surface area (Å²) in [6.07, 6.45) is 3.08. The molecule has 0 aliphatic heterocycles. The molecular weight excluding hydrogens is 266 g/mol. The molecule has 0 saturated carbocycles. The molecule has 0 fully saturated rings. The van der Waals surface area contributed by atoms with Gasteiger partial charge >= 0.3 is 0 Å². The van der Waals surface area contributed by atoms with Crippen LogP contribution in [-0.4, -0.2) is 49.5 Å². The third-order valence-corrected chi connectivity index (χ3v) is 3.00. The van der Waals surface area contributed by atoms with E-state index in [9.17, 15) is 5.11 Å². The molecule has 4 nitrogen and oxygen atoms in total. The second-order valence-electron chi connectivity index (χ2n) is 4.78. The molecular formula is C17H25NO3. The molecule has 1 atom stereocenters. The average Bonchev–Trinajstić information content (AvgIpc) is 2.48. The maximum Gasteiger partial charge on any atom is 0.124 e. The highest BCUT2D eigenvalue weighted by Crippen LogP contribution is 2.18. The molecule has 0 spiro atoms. The van der Waals surface area contributed by atoms with Gasteiger partial charge in [-0.15, -0.1) is 13.2 Å². The van der Waals surface area contributed by atoms with E-state index < -0.39 is 6.10 Å². The molecule has 21 heavy (non-hydrogen) atoms. The van der Waals surface area contributed by atoms with Crippen LogP contribution in [0, 0.1) is 0 Å². The van der Waals surface area contributed by atoms with Crippen LogP contribution in [-0.2, 0) is 11.3 Å². The Labute approximate surface area is 127 Å². The molecule has 0 amide bonds. The summed E-state index contributed by atoms with van der Waals surface area (Å²) in [7, 11) is 1.64. The molecule has 0 saturated heterocycles. The van der Waals surface area contributed by atoms with Gasteiger partial charge < -0.3 is 14.6 Å². The van der Waals surface area contributed by atoms with E-state index in [1.54, 1.807) is 7.11 Å². The molecule has 0 aliphatic carbocycles. The fraction of sp³-hybridized carbons (Fsp3) is 0.412. The summed E-state index contributed by atoms with van der Waals surface area (Å²) in [6.45, 7) is 10.1. The van der Waals surface area contributed by atoms with Crippen molar-refractivity contribution in [1.82, 2.24) is 4.90 Å². The van der Waals surface area contributed by atoms with Crippen LogP contribution in [0.3, 0.4) is 0 Å². The van der Waals surface area contributed by atoms with E-state index in [4.69, 9.17) is 9.47 Å². The molecule has 4 heteroatoms. The predicted octanol–water partition coefficient (Wildman–Crippen LogP) is 2.25. The normalized spacial score (nSPS) is 12.1. The van der Waals surface area contributed by atoms with E-state index in [1.807, 2.05) is 36.4 Å². The minimum Gasteiger partial charge on any atom is -0.496 e. The van der Waals surface area contributed by atoms with E-state index in [0.717, 1.165) is 24.4 Å². The predicted molar refractivity (Wildman–Crippen MR) is 85.5 cm³/mol. The van der Waals surface area contributed by atoms with Crippen molar-refractivity contribution in [2.45, 2.75) is 12.7 Å². The highest BCUT2D eigenvalue weighted by molar-refractivity contribution is 5.32. The summed E-state index contributed by atoms with van der Waals surface area (Å²) in [4.78, 5) is 2.05. The number of benzene rings is 1. The van der Waals surface area contributed by atoms with E-state index >= 15 is 0 Å². The third-order valence-electron chi connectivity index (χ3n) is 3.00. The first-order chi connectivity index (χ1) is 10.2. The maximum absolute atomic E-state index is 10.0. The van der Waals surface area contributed by atoms with Crippen LogP contribution in [0.15, 0.2) is 49.6 Å². The Morgan fingerprint density at radius 1 is 1.24 bits per heavy atom. The van der Waals surface area contributed by atoms with Gasteiger partial charge in [0.25, 0.3) is 0 Å². The molecule has 0 aromatic heterocycles. The minimum atomic E-state index is -0.542. The van der Waals surface area contributed by atoms with Crippen molar-refractivity contribution < 1.29 is 14.6 Å². The highest BCUT2D eigenvalue weighted by Gasteiger charge is 2.10. The Morgan fingerprint density at radius 3 is 2.52 bits per heavy atom. The first kappa shape index (κ1) is 17.4. The largest absolute Gasteiger partial charge is 0.496 e. The molecule has 116 valence electrons. The molecule has 1 N–H and O–H groups in total. The molecule has 1 rings (SSSR count). The van der Waals surface area contributed by atoms with Gasteiger partial charge in [-0.25, -0.2) is 0 Å². The molecule has 0 unspecified atom stereocenters. The smallest absolute Gasteiger partial charge is 0.124 e. The fourth-order valence-corrected chi connectivity index (χ4v) is 2.07. The quantitative estimate of drug-likeness (QED) is 0.635. The van der Waals surface area contributed by atoms with Gasteiger partial charge in [0.1, 0.15) is 5.75 Å². The van der Waals surface area contributed by atoms with Gasteiger partial charge in [0.2, 0.25) is 0 Å². The average molecular weight is 291 g/mol. The van der Waals surface area contributed by atoms with E-state index in [-0.39, 0.29) is 6.61 Å². The zero-order chi connectivity index (χ0) is 15.5. The van der Waals surface area contributed by atoms with Crippen molar-refractivity contribution in [3.8, 4) is 5.75 Å². The lowest BCUT2D eigenvalue weighted by Crippen LogP contribution is -2.35. The van der Waals surface area contributed by atoms with Crippen LogP contribution < -0.4 is 4.74 Å². The minimum absolute atomic E-state index is 0.281. The van der Waals surface area contributed by atoms with Gasteiger partial charge in [0.15, 0.2) is 0 Å². The number of para-hydroxylation sites is 1. The molecule has 1 aromatic rings. The molecule has 0 heterocycles. The van der Waals surface area contributed by atoms with Crippen molar-refractivity contribution in [2.24, 2.45) is 0 Å². The SMILES string of the molecule is C=CCN(CC=C)C[C@@H](O)COCc1ccccc1OC. The summed E-state index contributed by atoms with van der Waals surface area (Å²) in [5.74, 6) is 0.798. The van der Waals surface area contributed by atoms with Crippen LogP contribution in [0.5, 0.6) is 5.75 Å². The Morgan fingerprint density at radius 2 is 1.90 bits per heavy atom. The number of aliphatic hydroxyl groups is 1. The van der Waals surface area contributed by atoms with E-state index in [0.29, 0.717) is 13.2 Å². The van der Waals surface area contributed by atoms with E-state index in [2.05, 4.69) is 18.1 Å². The zero-order valence-electron chi connectivity index (χ0n) is 12.7. The van der Waals surface area contributed by atoms with Crippen molar-refractivity contribution in [3.63, 3.8) is 0 Å². The maximum atomic E-state index is 10.0. The van der Waals surface area contributed by atoms with E-state index in [1.165, 1.54) is 0 Å². The van der Waals surface area contributed by atoms with Gasteiger partial charge in [-0.05, 0) is 6.07 Å². The van der Waals surface area contributed by atoms with Crippen LogP contribution in [0.2, 0.25) is 0 Å². The van der Waals surface area contributed by atoms with Crippen LogP contribution in [0.25, 0.3) is 0 Å². The summed E-state index contributed by atoms with van der Waals surface area (Å²) in [5, 5.41) is 10.0. The van der Waals surface area contributed by atoms with Crippen LogP contribution in [0.4, 0.5) is 0 Å². The summed E-state index contributed by atoms with van der Waals surface area (Å²) in [5.41, 5.74) is 0.973. The van der Waals surface area contributed by atoms with Crippen LogP contribution >= 0.6 is 0 Å². The lowest BCUT2D eigenvalue weighted by molar-refractivity contribution is 0.0127. The lowest BCUT2D eigenvalue weighted by atomic mass is 10.2. The molecule has 0 bridgehead atoms. The zero-order valence-corrected chi connectivity index (χ0v) is 12.7. The van der Waals surface area contributed by atoms with Crippen LogP contribution in [0.1, 0.15) is 5.56 Å². The topological polar surface area (TPSA) is 41.9 Å². The molecule has 0 aliphatic rings. The monoisotopic (exact) mass is 291 g/mol. The van der Waals surface area contributed by atoms with Gasteiger partial charge in [-0.2, -0.15) is 0 Å². The van der Waals surface area contributed by atoms with Gasteiger partial charge in [-0.1, -0.05) is 30.4 Å². The number of nitrogens with zero attached hydrogens (tertiary/aromatic N) is 1. The third kappa shape index (κ3) is 6.58. The van der Waals surface area contributed by atoms with Gasteiger partial charge in [0.05, 0.1) is 26.4 Å². The number of methoxy groups -OCH3 is 1. The Kier molecular flexibility index (Phi) is 8.43. The summed E-state index contributed by atoms with van der Waals surface area (Å²) < 4.78 is 10.8. The lowest BCUT2D eigenvalue weighted by Gasteiger charge is -2.22. The van der Waals surface area contributed by atoms with Crippen molar-refractivity contribution in [3.05, 3.63) is 55.1 Å². The molecule has 0 radical (unpaired) electrons. The molecule has 1 aromatic carbocycles. The van der Waals surface area contributed by atoms with Gasteiger partial charge in [-0.3, -0.25) is 4.90 Å². The number of hydrogen-bond acceptors (Lipinski definition) is 4. The number of hydrogen-bond donors (Lipinski definition) is 1. The summed E-state index contributed by atoms with van der Waals surface area (Å²) >= 11 is 0. The number of ether oxygens (including phenoxy) is 2. The Bertz CT molecular complexity index is 424. The Hall–Kier alpha value is -1.62. The first-order valence-corrected chi connectivity index (χ1v) is 7.03. The van der Waals surface area contributed by atoms with Crippen molar-refractivity contribution in [1.29, 1.82) is 0 Å². The van der Waals surface area contributed by atoms with Gasteiger partial charge in [0, 0.05) is 25.2 Å². The number of rotatable bonds is 11. The fourth-order valence-electron chi connectivity index (χ4n) is 2.07. The highest BCUT2D eigenvalue weighted by atomic mass is 16.5. The second kappa shape index (κ2) is 10.2.